The van der Waals surface area contributed by atoms with Crippen molar-refractivity contribution in [2.45, 2.75) is 44.6 Å². The Morgan fingerprint density at radius 3 is 3.00 bits per heavy atom. The van der Waals surface area contributed by atoms with Crippen molar-refractivity contribution in [1.82, 2.24) is 10.2 Å². The Kier molecular flexibility index (Phi) is 5.91. The van der Waals surface area contributed by atoms with Gasteiger partial charge < -0.3 is 10.2 Å². The van der Waals surface area contributed by atoms with Crippen LogP contribution in [0.5, 0.6) is 0 Å². The summed E-state index contributed by atoms with van der Waals surface area (Å²) in [4.78, 5) is 20.6. The van der Waals surface area contributed by atoms with E-state index in [-0.39, 0.29) is 17.4 Å². The van der Waals surface area contributed by atoms with Gasteiger partial charge in [-0.2, -0.15) is 0 Å². The normalized spacial score (nSPS) is 27.1. The largest absolute Gasteiger partial charge is 0.394 e. The number of likely N-dealkylation sites (tertiary alicyclic amines) is 1. The number of nitrogens with one attached hydrogen (secondary N) is 1. The van der Waals surface area contributed by atoms with Crippen LogP contribution in [-0.4, -0.2) is 49.3 Å². The van der Waals surface area contributed by atoms with Crippen LogP contribution >= 0.6 is 11.3 Å². The lowest BCUT2D eigenvalue weighted by Crippen LogP contribution is -2.50. The molecule has 0 aliphatic carbocycles. The number of nitrogens with zero attached hydrogens (tertiary/aromatic N) is 2. The molecule has 3 rings (SSSR count). The SMILES string of the molecule is CCC1(c2ccsc2C=NOCCN2CCCC2)C=CC(=O)NC1C. The van der Waals surface area contributed by atoms with Crippen LogP contribution in [0.15, 0.2) is 28.8 Å². The zero-order chi connectivity index (χ0) is 17.7. The van der Waals surface area contributed by atoms with E-state index in [2.05, 4.69) is 40.7 Å². The molecule has 5 nitrogen and oxygen atoms in total. The molecule has 2 aliphatic rings. The molecule has 136 valence electrons. The monoisotopic (exact) mass is 361 g/mol. The number of hydrogen-bond acceptors (Lipinski definition) is 5. The lowest BCUT2D eigenvalue weighted by molar-refractivity contribution is -0.118. The molecule has 1 N–H and O–H groups in total. The zero-order valence-corrected chi connectivity index (χ0v) is 15.8. The summed E-state index contributed by atoms with van der Waals surface area (Å²) in [6.45, 7) is 8.15. The van der Waals surface area contributed by atoms with E-state index in [0.29, 0.717) is 6.61 Å². The summed E-state index contributed by atoms with van der Waals surface area (Å²) in [6.07, 6.45) is 9.02. The van der Waals surface area contributed by atoms with Gasteiger partial charge in [0.05, 0.1) is 11.1 Å². The number of carbonyl (C=O) groups excluding carboxylic acids is 1. The summed E-state index contributed by atoms with van der Waals surface area (Å²) >= 11 is 1.66. The van der Waals surface area contributed by atoms with E-state index >= 15 is 0 Å². The Balaban J connectivity index is 1.66. The number of carbonyl (C=O) groups is 1. The van der Waals surface area contributed by atoms with E-state index in [1.807, 2.05) is 12.3 Å². The van der Waals surface area contributed by atoms with Gasteiger partial charge in [-0.25, -0.2) is 0 Å². The average Bonchev–Trinajstić information content (AvgIpc) is 3.27. The van der Waals surface area contributed by atoms with Crippen molar-refractivity contribution in [1.29, 1.82) is 0 Å². The fraction of sp³-hybridized carbons (Fsp3) is 0.579. The van der Waals surface area contributed by atoms with Gasteiger partial charge in [-0.3, -0.25) is 9.69 Å². The third-order valence-corrected chi connectivity index (χ3v) is 6.24. The highest BCUT2D eigenvalue weighted by atomic mass is 32.1. The summed E-state index contributed by atoms with van der Waals surface area (Å²) in [7, 11) is 0. The first-order chi connectivity index (χ1) is 12.2. The second kappa shape index (κ2) is 8.15. The molecule has 6 heteroatoms. The Morgan fingerprint density at radius 1 is 1.48 bits per heavy atom. The fourth-order valence-corrected chi connectivity index (χ4v) is 4.66. The molecule has 1 aromatic heterocycles. The Labute approximate surface area is 153 Å². The maximum Gasteiger partial charge on any atom is 0.243 e. The minimum absolute atomic E-state index is 0.0210. The molecule has 1 saturated heterocycles. The minimum atomic E-state index is -0.190. The molecule has 0 bridgehead atoms. The van der Waals surface area contributed by atoms with Gasteiger partial charge in [0.1, 0.15) is 6.61 Å². The fourth-order valence-electron chi connectivity index (χ4n) is 3.82. The molecule has 0 spiro atoms. The first kappa shape index (κ1) is 18.1. The van der Waals surface area contributed by atoms with Gasteiger partial charge in [0, 0.05) is 18.0 Å². The van der Waals surface area contributed by atoms with Crippen LogP contribution in [0.3, 0.4) is 0 Å². The molecule has 1 amide bonds. The molecule has 2 atom stereocenters. The number of rotatable bonds is 7. The Bertz CT molecular complexity index is 649. The lowest BCUT2D eigenvalue weighted by atomic mass is 9.71. The van der Waals surface area contributed by atoms with Gasteiger partial charge in [-0.15, -0.1) is 11.3 Å². The predicted octanol–water partition coefficient (Wildman–Crippen LogP) is 2.92. The summed E-state index contributed by atoms with van der Waals surface area (Å²) in [5.74, 6) is -0.0210. The van der Waals surface area contributed by atoms with E-state index in [1.165, 1.54) is 31.5 Å². The molecule has 25 heavy (non-hydrogen) atoms. The molecule has 0 aromatic carbocycles. The molecular weight excluding hydrogens is 334 g/mol. The molecule has 2 aliphatic heterocycles. The molecule has 1 fully saturated rings. The van der Waals surface area contributed by atoms with E-state index in [9.17, 15) is 4.79 Å². The van der Waals surface area contributed by atoms with Crippen LogP contribution in [-0.2, 0) is 15.0 Å². The van der Waals surface area contributed by atoms with Crippen LogP contribution < -0.4 is 5.32 Å². The van der Waals surface area contributed by atoms with E-state index in [1.54, 1.807) is 17.4 Å². The summed E-state index contributed by atoms with van der Waals surface area (Å²) < 4.78 is 0. The Hall–Kier alpha value is -1.66. The molecule has 1 aromatic rings. The average molecular weight is 362 g/mol. The Morgan fingerprint density at radius 2 is 2.28 bits per heavy atom. The first-order valence-electron chi connectivity index (χ1n) is 9.11. The van der Waals surface area contributed by atoms with Gasteiger partial charge >= 0.3 is 0 Å². The maximum atomic E-state index is 11.6. The maximum absolute atomic E-state index is 11.6. The van der Waals surface area contributed by atoms with E-state index in [0.717, 1.165) is 17.8 Å². The van der Waals surface area contributed by atoms with Gasteiger partial charge in [0.15, 0.2) is 0 Å². The van der Waals surface area contributed by atoms with Crippen molar-refractivity contribution >= 4 is 23.5 Å². The second-order valence-corrected chi connectivity index (χ2v) is 7.72. The lowest BCUT2D eigenvalue weighted by Gasteiger charge is -2.39. The van der Waals surface area contributed by atoms with Crippen LogP contribution in [0.2, 0.25) is 0 Å². The first-order valence-corrected chi connectivity index (χ1v) is 9.99. The minimum Gasteiger partial charge on any atom is -0.394 e. The number of oxime groups is 1. The second-order valence-electron chi connectivity index (χ2n) is 6.77. The molecule has 3 heterocycles. The molecule has 2 unspecified atom stereocenters. The van der Waals surface area contributed by atoms with Crippen molar-refractivity contribution in [2.75, 3.05) is 26.2 Å². The highest BCUT2D eigenvalue weighted by Crippen LogP contribution is 2.38. The smallest absolute Gasteiger partial charge is 0.243 e. The van der Waals surface area contributed by atoms with Crippen molar-refractivity contribution in [3.63, 3.8) is 0 Å². The van der Waals surface area contributed by atoms with Crippen LogP contribution in [0.1, 0.15) is 43.6 Å². The zero-order valence-electron chi connectivity index (χ0n) is 15.0. The predicted molar refractivity (Wildman–Crippen MR) is 102 cm³/mol. The van der Waals surface area contributed by atoms with Crippen LogP contribution in [0.4, 0.5) is 0 Å². The highest BCUT2D eigenvalue weighted by Gasteiger charge is 2.39. The van der Waals surface area contributed by atoms with Crippen molar-refractivity contribution in [3.05, 3.63) is 34.0 Å². The molecule has 0 saturated carbocycles. The summed E-state index contributed by atoms with van der Waals surface area (Å²) in [5.41, 5.74) is 1.01. The van der Waals surface area contributed by atoms with E-state index < -0.39 is 0 Å². The van der Waals surface area contributed by atoms with Crippen LogP contribution in [0.25, 0.3) is 0 Å². The van der Waals surface area contributed by atoms with Gasteiger partial charge in [-0.05, 0) is 62.4 Å². The topological polar surface area (TPSA) is 53.9 Å². The third-order valence-electron chi connectivity index (χ3n) is 5.39. The number of amides is 1. The van der Waals surface area contributed by atoms with Crippen molar-refractivity contribution in [2.24, 2.45) is 5.16 Å². The number of hydrogen-bond donors (Lipinski definition) is 1. The highest BCUT2D eigenvalue weighted by molar-refractivity contribution is 7.11. The van der Waals surface area contributed by atoms with Crippen molar-refractivity contribution < 1.29 is 9.63 Å². The third kappa shape index (κ3) is 3.96. The van der Waals surface area contributed by atoms with Crippen molar-refractivity contribution in [3.8, 4) is 0 Å². The van der Waals surface area contributed by atoms with Gasteiger partial charge in [0.2, 0.25) is 5.91 Å². The van der Waals surface area contributed by atoms with E-state index in [4.69, 9.17) is 4.84 Å². The number of thiophene rings is 1. The van der Waals surface area contributed by atoms with Crippen LogP contribution in [0, 0.1) is 0 Å². The quantitative estimate of drug-likeness (QED) is 0.461. The molecule has 0 radical (unpaired) electrons. The summed E-state index contributed by atoms with van der Waals surface area (Å²) in [6, 6.07) is 2.19. The summed E-state index contributed by atoms with van der Waals surface area (Å²) in [5, 5.41) is 9.30. The molecular formula is C19H27N3O2S. The van der Waals surface area contributed by atoms with Gasteiger partial charge in [-0.1, -0.05) is 18.2 Å². The van der Waals surface area contributed by atoms with Gasteiger partial charge in [0.25, 0.3) is 0 Å². The standard InChI is InChI=1S/C19H27N3O2S/c1-3-19(8-6-18(23)21-15(19)2)16-7-13-25-17(16)14-20-24-12-11-22-9-4-5-10-22/h6-8,13-15H,3-5,9-12H2,1-2H3,(H,21,23).